The number of nitrogens with one attached hydrogen (secondary N) is 2. The minimum atomic E-state index is -0.576. The lowest BCUT2D eigenvalue weighted by atomic mass is 10.0. The molecule has 0 aliphatic carbocycles. The lowest BCUT2D eigenvalue weighted by Crippen LogP contribution is -2.37. The number of rotatable bonds is 7. The molecule has 0 aromatic heterocycles. The number of ether oxygens (including phenoxy) is 2. The number of likely N-dealkylation sites (tertiary alicyclic amines) is 1. The van der Waals surface area contributed by atoms with Gasteiger partial charge in [-0.2, -0.15) is 0 Å². The molecule has 154 valence electrons. The van der Waals surface area contributed by atoms with E-state index in [1.54, 1.807) is 31.4 Å². The van der Waals surface area contributed by atoms with Crippen LogP contribution in [-0.4, -0.2) is 50.8 Å². The Bertz CT molecular complexity index is 832. The first-order valence-electron chi connectivity index (χ1n) is 9.71. The first-order chi connectivity index (χ1) is 14.1. The van der Waals surface area contributed by atoms with E-state index in [9.17, 15) is 9.59 Å². The van der Waals surface area contributed by atoms with Crippen molar-refractivity contribution >= 4 is 17.7 Å². The predicted octanol–water partition coefficient (Wildman–Crippen LogP) is 3.44. The Balaban J connectivity index is 1.76. The summed E-state index contributed by atoms with van der Waals surface area (Å²) in [5.41, 5.74) is 2.00. The summed E-state index contributed by atoms with van der Waals surface area (Å²) in [5.74, 6) is 0.583. The molecule has 0 saturated carbocycles. The Morgan fingerprint density at radius 2 is 1.79 bits per heavy atom. The summed E-state index contributed by atoms with van der Waals surface area (Å²) in [7, 11) is 2.93. The summed E-state index contributed by atoms with van der Waals surface area (Å²) in [6.45, 7) is 2.83. The molecule has 1 unspecified atom stereocenters. The average molecular weight is 397 g/mol. The van der Waals surface area contributed by atoms with Crippen LogP contribution in [0.4, 0.5) is 10.5 Å². The zero-order valence-corrected chi connectivity index (χ0v) is 16.8. The Labute approximate surface area is 171 Å². The summed E-state index contributed by atoms with van der Waals surface area (Å²) in [5, 5.41) is 5.72. The predicted molar refractivity (Wildman–Crippen MR) is 111 cm³/mol. The van der Waals surface area contributed by atoms with Gasteiger partial charge in [-0.1, -0.05) is 18.2 Å². The molecule has 1 aliphatic heterocycles. The fourth-order valence-electron chi connectivity index (χ4n) is 3.44. The van der Waals surface area contributed by atoms with Gasteiger partial charge in [0.1, 0.15) is 5.75 Å². The number of benzene rings is 2. The molecular formula is C22H27N3O4. The van der Waals surface area contributed by atoms with Crippen molar-refractivity contribution < 1.29 is 19.1 Å². The molecule has 7 nitrogen and oxygen atoms in total. The maximum Gasteiger partial charge on any atom is 0.411 e. The van der Waals surface area contributed by atoms with Gasteiger partial charge in [0.25, 0.3) is 5.91 Å². The normalized spacial score (nSPS) is 14.8. The molecule has 0 spiro atoms. The second-order valence-electron chi connectivity index (χ2n) is 7.00. The molecule has 0 radical (unpaired) electrons. The SMILES string of the molecule is COC(=O)Nc1cccc(C(=O)NC(CN2CCCC2)c2ccc(OC)cc2)c1. The third-order valence-electron chi connectivity index (χ3n) is 5.02. The van der Waals surface area contributed by atoms with E-state index >= 15 is 0 Å². The first kappa shape index (κ1) is 20.7. The van der Waals surface area contributed by atoms with Crippen LogP contribution in [-0.2, 0) is 4.74 Å². The van der Waals surface area contributed by atoms with Gasteiger partial charge in [0.2, 0.25) is 0 Å². The summed E-state index contributed by atoms with van der Waals surface area (Å²) >= 11 is 0. The van der Waals surface area contributed by atoms with Gasteiger partial charge >= 0.3 is 6.09 Å². The van der Waals surface area contributed by atoms with Crippen LogP contribution in [0.25, 0.3) is 0 Å². The number of carbonyl (C=O) groups is 2. The van der Waals surface area contributed by atoms with Crippen molar-refractivity contribution in [2.75, 3.05) is 39.2 Å². The number of anilines is 1. The molecular weight excluding hydrogens is 370 g/mol. The summed E-state index contributed by atoms with van der Waals surface area (Å²) in [6, 6.07) is 14.4. The van der Waals surface area contributed by atoms with E-state index in [-0.39, 0.29) is 11.9 Å². The number of carbonyl (C=O) groups excluding carboxylic acids is 2. The van der Waals surface area contributed by atoms with Gasteiger partial charge < -0.3 is 19.7 Å². The van der Waals surface area contributed by atoms with Crippen molar-refractivity contribution in [2.24, 2.45) is 0 Å². The molecule has 1 fully saturated rings. The average Bonchev–Trinajstić information content (AvgIpc) is 3.26. The van der Waals surface area contributed by atoms with Gasteiger partial charge in [0, 0.05) is 17.8 Å². The Hall–Kier alpha value is -3.06. The molecule has 29 heavy (non-hydrogen) atoms. The molecule has 1 atom stereocenters. The molecule has 1 aliphatic rings. The molecule has 1 heterocycles. The lowest BCUT2D eigenvalue weighted by Gasteiger charge is -2.25. The topological polar surface area (TPSA) is 79.9 Å². The fraction of sp³-hybridized carbons (Fsp3) is 0.364. The van der Waals surface area contributed by atoms with Crippen LogP contribution >= 0.6 is 0 Å². The van der Waals surface area contributed by atoms with E-state index in [4.69, 9.17) is 4.74 Å². The number of nitrogens with zero attached hydrogens (tertiary/aromatic N) is 1. The first-order valence-corrected chi connectivity index (χ1v) is 9.71. The van der Waals surface area contributed by atoms with Crippen LogP contribution in [0.3, 0.4) is 0 Å². The Morgan fingerprint density at radius 3 is 2.45 bits per heavy atom. The van der Waals surface area contributed by atoms with E-state index in [1.807, 2.05) is 24.3 Å². The molecule has 2 aromatic rings. The fourth-order valence-corrected chi connectivity index (χ4v) is 3.44. The van der Waals surface area contributed by atoms with E-state index < -0.39 is 6.09 Å². The Morgan fingerprint density at radius 1 is 1.07 bits per heavy atom. The van der Waals surface area contributed by atoms with E-state index in [1.165, 1.54) is 20.0 Å². The summed E-state index contributed by atoms with van der Waals surface area (Å²) in [6.07, 6.45) is 1.79. The van der Waals surface area contributed by atoms with Gasteiger partial charge in [-0.3, -0.25) is 10.1 Å². The van der Waals surface area contributed by atoms with Gasteiger partial charge in [0.15, 0.2) is 0 Å². The quantitative estimate of drug-likeness (QED) is 0.748. The number of methoxy groups -OCH3 is 2. The monoisotopic (exact) mass is 397 g/mol. The summed E-state index contributed by atoms with van der Waals surface area (Å²) in [4.78, 5) is 26.7. The van der Waals surface area contributed by atoms with Crippen molar-refractivity contribution in [1.82, 2.24) is 10.2 Å². The minimum Gasteiger partial charge on any atom is -0.497 e. The maximum absolute atomic E-state index is 12.9. The highest BCUT2D eigenvalue weighted by molar-refractivity contribution is 5.96. The van der Waals surface area contributed by atoms with Crippen LogP contribution in [0, 0.1) is 0 Å². The van der Waals surface area contributed by atoms with Crippen molar-refractivity contribution in [3.05, 3.63) is 59.7 Å². The third-order valence-corrected chi connectivity index (χ3v) is 5.02. The second kappa shape index (κ2) is 9.93. The van der Waals surface area contributed by atoms with Gasteiger partial charge in [-0.25, -0.2) is 4.79 Å². The minimum absolute atomic E-state index is 0.149. The standard InChI is InChI=1S/C22H27N3O4/c1-28-19-10-8-16(9-11-19)20(15-25-12-3-4-13-25)24-21(26)17-6-5-7-18(14-17)23-22(27)29-2/h5-11,14,20H,3-4,12-13,15H2,1-2H3,(H,23,27)(H,24,26). The van der Waals surface area contributed by atoms with E-state index in [2.05, 4.69) is 20.3 Å². The number of amides is 2. The Kier molecular flexibility index (Phi) is 7.08. The molecule has 7 heteroatoms. The third kappa shape index (κ3) is 5.71. The highest BCUT2D eigenvalue weighted by Crippen LogP contribution is 2.22. The lowest BCUT2D eigenvalue weighted by molar-refractivity contribution is 0.0927. The van der Waals surface area contributed by atoms with Gasteiger partial charge in [-0.15, -0.1) is 0 Å². The van der Waals surface area contributed by atoms with Crippen molar-refractivity contribution in [3.63, 3.8) is 0 Å². The second-order valence-corrected chi connectivity index (χ2v) is 7.00. The van der Waals surface area contributed by atoms with Gasteiger partial charge in [0.05, 0.1) is 20.3 Å². The number of hydrogen-bond acceptors (Lipinski definition) is 5. The molecule has 3 rings (SSSR count). The van der Waals surface area contributed by atoms with Crippen LogP contribution in [0.2, 0.25) is 0 Å². The van der Waals surface area contributed by atoms with Crippen LogP contribution in [0.5, 0.6) is 5.75 Å². The van der Waals surface area contributed by atoms with Crippen molar-refractivity contribution in [3.8, 4) is 5.75 Å². The molecule has 0 bridgehead atoms. The van der Waals surface area contributed by atoms with Gasteiger partial charge in [-0.05, 0) is 61.8 Å². The largest absolute Gasteiger partial charge is 0.497 e. The zero-order valence-electron chi connectivity index (χ0n) is 16.8. The highest BCUT2D eigenvalue weighted by atomic mass is 16.5. The van der Waals surface area contributed by atoms with E-state index in [0.29, 0.717) is 11.3 Å². The number of hydrogen-bond donors (Lipinski definition) is 2. The van der Waals surface area contributed by atoms with Crippen molar-refractivity contribution in [2.45, 2.75) is 18.9 Å². The van der Waals surface area contributed by atoms with Crippen LogP contribution < -0.4 is 15.4 Å². The molecule has 2 aromatic carbocycles. The zero-order chi connectivity index (χ0) is 20.6. The maximum atomic E-state index is 12.9. The molecule has 2 N–H and O–H groups in total. The van der Waals surface area contributed by atoms with Crippen LogP contribution in [0.15, 0.2) is 48.5 Å². The molecule has 2 amide bonds. The summed E-state index contributed by atoms with van der Waals surface area (Å²) < 4.78 is 9.85. The van der Waals surface area contributed by atoms with Crippen LogP contribution in [0.1, 0.15) is 34.8 Å². The molecule has 1 saturated heterocycles. The van der Waals surface area contributed by atoms with Crippen molar-refractivity contribution in [1.29, 1.82) is 0 Å². The van der Waals surface area contributed by atoms with E-state index in [0.717, 1.165) is 30.9 Å². The highest BCUT2D eigenvalue weighted by Gasteiger charge is 2.21. The smallest absolute Gasteiger partial charge is 0.411 e.